The van der Waals surface area contributed by atoms with E-state index in [-0.39, 0.29) is 13.0 Å². The second-order valence-corrected chi connectivity index (χ2v) is 2.44. The largest absolute Gasteiger partial charge is 0.356 e. The van der Waals surface area contributed by atoms with Crippen molar-refractivity contribution in [3.8, 4) is 0 Å². The summed E-state index contributed by atoms with van der Waals surface area (Å²) < 4.78 is 1.30. The molecule has 0 unspecified atom stereocenters. The van der Waals surface area contributed by atoms with Crippen molar-refractivity contribution in [2.75, 3.05) is 0 Å². The minimum absolute atomic E-state index is 0.0514. The molecule has 7 heteroatoms. The molecule has 0 saturated heterocycles. The lowest BCUT2D eigenvalue weighted by molar-refractivity contribution is -0.151. The fraction of sp³-hybridized carbons (Fsp3) is 0.286. The molecule has 7 nitrogen and oxygen atoms in total. The molecule has 0 amide bonds. The third-order valence-electron chi connectivity index (χ3n) is 1.51. The molecule has 0 aliphatic carbocycles. The molecule has 1 aromatic rings. The van der Waals surface area contributed by atoms with E-state index in [9.17, 15) is 9.59 Å². The Bertz CT molecular complexity index is 362. The van der Waals surface area contributed by atoms with E-state index in [2.05, 4.69) is 9.82 Å². The van der Waals surface area contributed by atoms with E-state index in [1.165, 1.54) is 10.8 Å². The van der Waals surface area contributed by atoms with E-state index >= 15 is 0 Å². The maximum atomic E-state index is 11.0. The summed E-state index contributed by atoms with van der Waals surface area (Å²) >= 11 is 0. The van der Waals surface area contributed by atoms with Gasteiger partial charge < -0.3 is 4.84 Å². The lowest BCUT2D eigenvalue weighted by Gasteiger charge is -2.03. The van der Waals surface area contributed by atoms with Crippen LogP contribution in [-0.4, -0.2) is 15.5 Å². The Hall–Kier alpha value is -1.73. The third-order valence-corrected chi connectivity index (χ3v) is 1.51. The molecular weight excluding hydrogens is 188 g/mol. The highest BCUT2D eigenvalue weighted by atomic mass is 16.7. The van der Waals surface area contributed by atoms with Crippen molar-refractivity contribution in [1.29, 1.82) is 0 Å². The Labute approximate surface area is 79.4 Å². The lowest BCUT2D eigenvalue weighted by Crippen LogP contribution is -2.28. The number of nitrogens with two attached hydrogens (primary N) is 1. The standard InChI is InChI=1S/C7H10N4O3/c8-10-14-6(12)2-5-11-4-1-3-9-7(11)13/h1,3-4,10H,2,5,8H2. The fourth-order valence-electron chi connectivity index (χ4n) is 0.886. The van der Waals surface area contributed by atoms with Gasteiger partial charge in [-0.1, -0.05) is 5.59 Å². The van der Waals surface area contributed by atoms with Crippen molar-refractivity contribution in [2.45, 2.75) is 13.0 Å². The van der Waals surface area contributed by atoms with Gasteiger partial charge >= 0.3 is 11.7 Å². The molecule has 14 heavy (non-hydrogen) atoms. The zero-order valence-electron chi connectivity index (χ0n) is 7.34. The minimum Gasteiger partial charge on any atom is -0.356 e. The number of nitrogens with one attached hydrogen (secondary N) is 1. The monoisotopic (exact) mass is 198 g/mol. The van der Waals surface area contributed by atoms with Crippen molar-refractivity contribution in [2.24, 2.45) is 5.84 Å². The van der Waals surface area contributed by atoms with Crippen LogP contribution in [0.25, 0.3) is 0 Å². The number of rotatable bonds is 4. The topological polar surface area (TPSA) is 99.2 Å². The molecule has 3 N–H and O–H groups in total. The smallest absolute Gasteiger partial charge is 0.347 e. The van der Waals surface area contributed by atoms with Crippen LogP contribution in [0.3, 0.4) is 0 Å². The number of carbonyl (C=O) groups excluding carboxylic acids is 1. The van der Waals surface area contributed by atoms with Crippen LogP contribution < -0.4 is 17.1 Å². The van der Waals surface area contributed by atoms with Gasteiger partial charge in [0.15, 0.2) is 0 Å². The van der Waals surface area contributed by atoms with Gasteiger partial charge in [0.05, 0.1) is 6.42 Å². The van der Waals surface area contributed by atoms with Crippen LogP contribution >= 0.6 is 0 Å². The van der Waals surface area contributed by atoms with E-state index in [4.69, 9.17) is 5.84 Å². The summed E-state index contributed by atoms with van der Waals surface area (Å²) in [6.07, 6.45) is 2.98. The predicted octanol–water partition coefficient (Wildman–Crippen LogP) is -1.45. The van der Waals surface area contributed by atoms with Gasteiger partial charge in [-0.15, -0.1) is 0 Å². The van der Waals surface area contributed by atoms with Crippen molar-refractivity contribution < 1.29 is 9.63 Å². The highest BCUT2D eigenvalue weighted by Crippen LogP contribution is 1.88. The minimum atomic E-state index is -0.539. The van der Waals surface area contributed by atoms with Gasteiger partial charge in [0.25, 0.3) is 0 Å². The Morgan fingerprint density at radius 2 is 2.50 bits per heavy atom. The van der Waals surface area contributed by atoms with Gasteiger partial charge in [-0.05, 0) is 6.07 Å². The van der Waals surface area contributed by atoms with Crippen LogP contribution in [0.5, 0.6) is 0 Å². The van der Waals surface area contributed by atoms with Crippen LogP contribution in [-0.2, 0) is 16.2 Å². The number of aromatic nitrogens is 2. The highest BCUT2D eigenvalue weighted by Gasteiger charge is 2.03. The summed E-state index contributed by atoms with van der Waals surface area (Å²) in [6.45, 7) is 0.215. The van der Waals surface area contributed by atoms with Gasteiger partial charge in [-0.2, -0.15) is 0 Å². The molecule has 1 heterocycles. The average molecular weight is 198 g/mol. The maximum Gasteiger partial charge on any atom is 0.347 e. The lowest BCUT2D eigenvalue weighted by atomic mass is 10.4. The molecular formula is C7H10N4O3. The van der Waals surface area contributed by atoms with Crippen molar-refractivity contribution in [1.82, 2.24) is 15.1 Å². The van der Waals surface area contributed by atoms with Crippen LogP contribution in [0.4, 0.5) is 0 Å². The Balaban J connectivity index is 2.50. The van der Waals surface area contributed by atoms with E-state index in [1.54, 1.807) is 17.9 Å². The van der Waals surface area contributed by atoms with Crippen LogP contribution in [0.1, 0.15) is 6.42 Å². The number of hydrazine groups is 1. The molecule has 0 fully saturated rings. The third kappa shape index (κ3) is 2.96. The average Bonchev–Trinajstić information content (AvgIpc) is 2.17. The van der Waals surface area contributed by atoms with Gasteiger partial charge in [-0.3, -0.25) is 9.36 Å². The van der Waals surface area contributed by atoms with Crippen LogP contribution in [0.2, 0.25) is 0 Å². The van der Waals surface area contributed by atoms with Crippen molar-refractivity contribution in [3.63, 3.8) is 0 Å². The van der Waals surface area contributed by atoms with Gasteiger partial charge in [-0.25, -0.2) is 15.6 Å². The Kier molecular flexibility index (Phi) is 3.77. The van der Waals surface area contributed by atoms with Crippen molar-refractivity contribution >= 4 is 5.97 Å². The molecule has 0 aromatic carbocycles. The van der Waals surface area contributed by atoms with E-state index in [1.807, 2.05) is 0 Å². The molecule has 0 radical (unpaired) electrons. The molecule has 1 rings (SSSR count). The zero-order valence-corrected chi connectivity index (χ0v) is 7.34. The molecule has 0 saturated carbocycles. The Morgan fingerprint density at radius 1 is 1.71 bits per heavy atom. The van der Waals surface area contributed by atoms with Gasteiger partial charge in [0.1, 0.15) is 0 Å². The number of hydrogen-bond acceptors (Lipinski definition) is 6. The Morgan fingerprint density at radius 3 is 3.14 bits per heavy atom. The summed E-state index contributed by atoms with van der Waals surface area (Å²) in [6, 6.07) is 1.61. The first-order valence-electron chi connectivity index (χ1n) is 3.91. The molecule has 0 aliphatic heterocycles. The number of aryl methyl sites for hydroxylation is 1. The maximum absolute atomic E-state index is 11.0. The molecule has 0 spiro atoms. The number of hydrogen-bond donors (Lipinski definition) is 2. The predicted molar refractivity (Wildman–Crippen MR) is 46.5 cm³/mol. The van der Waals surface area contributed by atoms with Gasteiger partial charge in [0.2, 0.25) is 0 Å². The summed E-state index contributed by atoms with van der Waals surface area (Å²) in [7, 11) is 0. The van der Waals surface area contributed by atoms with Crippen molar-refractivity contribution in [3.05, 3.63) is 28.9 Å². The molecule has 0 atom stereocenters. The summed E-state index contributed by atoms with van der Waals surface area (Å²) in [5.74, 6) is 4.22. The van der Waals surface area contributed by atoms with E-state index in [0.717, 1.165) is 0 Å². The van der Waals surface area contributed by atoms with E-state index in [0.29, 0.717) is 0 Å². The summed E-state index contributed by atoms with van der Waals surface area (Å²) in [5, 5.41) is 0. The highest BCUT2D eigenvalue weighted by molar-refractivity contribution is 5.68. The molecule has 1 aromatic heterocycles. The quantitative estimate of drug-likeness (QED) is 0.454. The zero-order chi connectivity index (χ0) is 10.4. The molecule has 76 valence electrons. The first kappa shape index (κ1) is 10.4. The summed E-state index contributed by atoms with van der Waals surface area (Å²) in [4.78, 5) is 29.7. The first-order valence-corrected chi connectivity index (χ1v) is 3.91. The second-order valence-electron chi connectivity index (χ2n) is 2.44. The number of nitrogens with zero attached hydrogens (tertiary/aromatic N) is 2. The normalized spacial score (nSPS) is 9.79. The SMILES string of the molecule is NNOC(=O)CCn1cccnc1=O. The molecule has 0 aliphatic rings. The molecule has 0 bridgehead atoms. The van der Waals surface area contributed by atoms with E-state index < -0.39 is 11.7 Å². The summed E-state index contributed by atoms with van der Waals surface area (Å²) in [5.41, 5.74) is 1.36. The van der Waals surface area contributed by atoms with Crippen LogP contribution in [0.15, 0.2) is 23.3 Å². The van der Waals surface area contributed by atoms with Gasteiger partial charge in [0, 0.05) is 18.9 Å². The second kappa shape index (κ2) is 5.10. The van der Waals surface area contributed by atoms with Crippen LogP contribution in [0, 0.1) is 0 Å². The number of carbonyl (C=O) groups is 1. The fourth-order valence-corrected chi connectivity index (χ4v) is 0.886. The first-order chi connectivity index (χ1) is 6.74.